The van der Waals surface area contributed by atoms with Crippen LogP contribution in [0.3, 0.4) is 0 Å². The number of carbonyl (C=O) groups is 2. The zero-order chi connectivity index (χ0) is 23.5. The highest BCUT2D eigenvalue weighted by atomic mass is 16.5. The highest BCUT2D eigenvalue weighted by Crippen LogP contribution is 2.31. The quantitative estimate of drug-likeness (QED) is 0.550. The third kappa shape index (κ3) is 4.53. The summed E-state index contributed by atoms with van der Waals surface area (Å²) in [5, 5.41) is 0. The van der Waals surface area contributed by atoms with Gasteiger partial charge in [-0.3, -0.25) is 14.5 Å². The number of aryl methyl sites for hydroxylation is 2. The average molecular weight is 441 g/mol. The summed E-state index contributed by atoms with van der Waals surface area (Å²) >= 11 is 0. The normalized spacial score (nSPS) is 16.8. The summed E-state index contributed by atoms with van der Waals surface area (Å²) in [5.74, 6) is 0.432. The first kappa shape index (κ1) is 22.3. The predicted molar refractivity (Wildman–Crippen MR) is 133 cm³/mol. The molecule has 0 spiro atoms. The molecule has 0 aromatic heterocycles. The van der Waals surface area contributed by atoms with E-state index < -0.39 is 6.04 Å². The highest BCUT2D eigenvalue weighted by Gasteiger charge is 2.41. The van der Waals surface area contributed by atoms with Gasteiger partial charge in [0.25, 0.3) is 5.91 Å². The van der Waals surface area contributed by atoms with E-state index in [1.54, 1.807) is 29.0 Å². The number of hydrogen-bond acceptors (Lipinski definition) is 3. The molecule has 2 amide bonds. The molecule has 1 aliphatic rings. The van der Waals surface area contributed by atoms with Gasteiger partial charge >= 0.3 is 0 Å². The molecule has 1 atom stereocenters. The van der Waals surface area contributed by atoms with Crippen LogP contribution in [0.15, 0.2) is 78.4 Å². The van der Waals surface area contributed by atoms with Crippen LogP contribution >= 0.6 is 0 Å². The first-order valence-corrected chi connectivity index (χ1v) is 11.0. The number of benzene rings is 3. The second-order valence-electron chi connectivity index (χ2n) is 8.36. The zero-order valence-electron chi connectivity index (χ0n) is 19.4. The lowest BCUT2D eigenvalue weighted by Gasteiger charge is -2.41. The Balaban J connectivity index is 1.79. The van der Waals surface area contributed by atoms with E-state index in [9.17, 15) is 9.59 Å². The number of anilines is 2. The molecule has 5 heteroatoms. The van der Waals surface area contributed by atoms with Crippen LogP contribution in [0.4, 0.5) is 11.4 Å². The van der Waals surface area contributed by atoms with Crippen LogP contribution in [-0.2, 0) is 9.59 Å². The summed E-state index contributed by atoms with van der Waals surface area (Å²) < 4.78 is 5.26. The minimum Gasteiger partial charge on any atom is -0.497 e. The molecule has 0 unspecified atom stereocenters. The maximum absolute atomic E-state index is 13.9. The van der Waals surface area contributed by atoms with Crippen LogP contribution in [0.5, 0.6) is 5.75 Å². The van der Waals surface area contributed by atoms with Crippen molar-refractivity contribution in [1.82, 2.24) is 0 Å². The molecular weight excluding hydrogens is 412 g/mol. The molecule has 0 radical (unpaired) electrons. The first-order chi connectivity index (χ1) is 15.9. The van der Waals surface area contributed by atoms with Gasteiger partial charge in [-0.05, 0) is 79.4 Å². The lowest BCUT2D eigenvalue weighted by molar-refractivity contribution is -0.127. The second kappa shape index (κ2) is 9.33. The van der Waals surface area contributed by atoms with Crippen LogP contribution in [0.2, 0.25) is 0 Å². The number of ether oxygens (including phenoxy) is 1. The van der Waals surface area contributed by atoms with Crippen molar-refractivity contribution in [1.29, 1.82) is 0 Å². The van der Waals surface area contributed by atoms with E-state index in [-0.39, 0.29) is 18.4 Å². The van der Waals surface area contributed by atoms with Crippen molar-refractivity contribution < 1.29 is 14.3 Å². The SMILES string of the molecule is COc1ccc(N2C(=O)CN(c3ccc(C)c(C)c3)C(=O)[C@H]2/C(C)=C\c2ccccc2)cc1. The van der Waals surface area contributed by atoms with E-state index in [2.05, 4.69) is 0 Å². The van der Waals surface area contributed by atoms with E-state index >= 15 is 0 Å². The molecule has 3 aromatic rings. The maximum Gasteiger partial charge on any atom is 0.254 e. The van der Waals surface area contributed by atoms with Gasteiger partial charge in [0.1, 0.15) is 18.3 Å². The van der Waals surface area contributed by atoms with Crippen molar-refractivity contribution in [3.63, 3.8) is 0 Å². The number of methoxy groups -OCH3 is 1. The Bertz CT molecular complexity index is 1200. The fourth-order valence-electron chi connectivity index (χ4n) is 4.13. The first-order valence-electron chi connectivity index (χ1n) is 11.0. The lowest BCUT2D eigenvalue weighted by Crippen LogP contribution is -2.61. The smallest absolute Gasteiger partial charge is 0.254 e. The van der Waals surface area contributed by atoms with E-state index in [1.807, 2.05) is 87.5 Å². The minimum atomic E-state index is -0.749. The molecule has 33 heavy (non-hydrogen) atoms. The van der Waals surface area contributed by atoms with Crippen molar-refractivity contribution in [2.24, 2.45) is 0 Å². The Morgan fingerprint density at radius 1 is 0.909 bits per heavy atom. The van der Waals surface area contributed by atoms with Crippen molar-refractivity contribution in [2.75, 3.05) is 23.5 Å². The molecular formula is C28H28N2O3. The van der Waals surface area contributed by atoms with Crippen LogP contribution in [0, 0.1) is 13.8 Å². The summed E-state index contributed by atoms with van der Waals surface area (Å²) in [6, 6.07) is 22.2. The molecule has 0 aliphatic carbocycles. The summed E-state index contributed by atoms with van der Waals surface area (Å²) in [5.41, 5.74) is 5.41. The van der Waals surface area contributed by atoms with Gasteiger partial charge in [0, 0.05) is 11.4 Å². The molecule has 3 aromatic carbocycles. The summed E-state index contributed by atoms with van der Waals surface area (Å²) in [6.45, 7) is 5.94. The molecule has 0 bridgehead atoms. The molecule has 1 heterocycles. The topological polar surface area (TPSA) is 49.9 Å². The predicted octanol–water partition coefficient (Wildman–Crippen LogP) is 5.16. The van der Waals surface area contributed by atoms with Crippen molar-refractivity contribution in [2.45, 2.75) is 26.8 Å². The van der Waals surface area contributed by atoms with Crippen molar-refractivity contribution >= 4 is 29.3 Å². The van der Waals surface area contributed by atoms with Gasteiger partial charge in [-0.1, -0.05) is 42.5 Å². The number of carbonyl (C=O) groups excluding carboxylic acids is 2. The fourth-order valence-corrected chi connectivity index (χ4v) is 4.13. The van der Waals surface area contributed by atoms with Gasteiger partial charge < -0.3 is 9.64 Å². The Morgan fingerprint density at radius 3 is 2.21 bits per heavy atom. The fraction of sp³-hybridized carbons (Fsp3) is 0.214. The Hall–Kier alpha value is -3.86. The van der Waals surface area contributed by atoms with Gasteiger partial charge in [0.2, 0.25) is 5.91 Å². The lowest BCUT2D eigenvalue weighted by atomic mass is 9.98. The van der Waals surface area contributed by atoms with E-state index in [0.717, 1.165) is 28.0 Å². The van der Waals surface area contributed by atoms with Crippen molar-refractivity contribution in [3.05, 3.63) is 95.1 Å². The molecule has 1 fully saturated rings. The Kier molecular flexibility index (Phi) is 6.31. The van der Waals surface area contributed by atoms with Crippen molar-refractivity contribution in [3.8, 4) is 5.75 Å². The van der Waals surface area contributed by atoms with Gasteiger partial charge in [-0.2, -0.15) is 0 Å². The van der Waals surface area contributed by atoms with Crippen LogP contribution < -0.4 is 14.5 Å². The third-order valence-electron chi connectivity index (χ3n) is 6.10. The molecule has 0 N–H and O–H groups in total. The van der Waals surface area contributed by atoms with Crippen LogP contribution in [0.1, 0.15) is 23.6 Å². The van der Waals surface area contributed by atoms with Gasteiger partial charge in [0.15, 0.2) is 0 Å². The number of nitrogens with zero attached hydrogens (tertiary/aromatic N) is 2. The largest absolute Gasteiger partial charge is 0.497 e. The molecule has 5 nitrogen and oxygen atoms in total. The van der Waals surface area contributed by atoms with Crippen LogP contribution in [-0.4, -0.2) is 31.5 Å². The van der Waals surface area contributed by atoms with Crippen LogP contribution in [0.25, 0.3) is 6.08 Å². The van der Waals surface area contributed by atoms with Gasteiger partial charge in [0.05, 0.1) is 7.11 Å². The number of hydrogen-bond donors (Lipinski definition) is 0. The summed E-state index contributed by atoms with van der Waals surface area (Å²) in [7, 11) is 1.60. The molecule has 0 saturated carbocycles. The maximum atomic E-state index is 13.9. The van der Waals surface area contributed by atoms with Gasteiger partial charge in [-0.15, -0.1) is 0 Å². The average Bonchev–Trinajstić information content (AvgIpc) is 2.82. The van der Waals surface area contributed by atoms with Gasteiger partial charge in [-0.25, -0.2) is 0 Å². The molecule has 168 valence electrons. The monoisotopic (exact) mass is 440 g/mol. The number of amides is 2. The third-order valence-corrected chi connectivity index (χ3v) is 6.10. The zero-order valence-corrected chi connectivity index (χ0v) is 19.4. The number of piperazine rings is 1. The highest BCUT2D eigenvalue weighted by molar-refractivity contribution is 6.16. The standard InChI is InChI=1S/C28H28N2O3/c1-19-10-11-24(17-20(19)2)29-18-26(31)30(23-12-14-25(33-4)15-13-23)27(28(29)32)21(3)16-22-8-6-5-7-9-22/h5-17,27H,18H2,1-4H3/b21-16-/t27-/m1/s1. The Morgan fingerprint density at radius 2 is 1.58 bits per heavy atom. The molecule has 1 aliphatic heterocycles. The van der Waals surface area contributed by atoms with E-state index in [0.29, 0.717) is 11.4 Å². The number of rotatable bonds is 5. The second-order valence-corrected chi connectivity index (χ2v) is 8.36. The van der Waals surface area contributed by atoms with E-state index in [1.165, 1.54) is 0 Å². The minimum absolute atomic E-state index is 0.0114. The molecule has 4 rings (SSSR count). The molecule has 1 saturated heterocycles. The summed E-state index contributed by atoms with van der Waals surface area (Å²) in [4.78, 5) is 30.5. The Labute approximate surface area is 194 Å². The summed E-state index contributed by atoms with van der Waals surface area (Å²) in [6.07, 6.45) is 1.97. The van der Waals surface area contributed by atoms with E-state index in [4.69, 9.17) is 4.74 Å².